The van der Waals surface area contributed by atoms with Crippen LogP contribution in [0.4, 0.5) is 14.5 Å². The third-order valence-corrected chi connectivity index (χ3v) is 6.47. The quantitative estimate of drug-likeness (QED) is 0.315. The van der Waals surface area contributed by atoms with Gasteiger partial charge in [0.05, 0.1) is 18.0 Å². The van der Waals surface area contributed by atoms with Gasteiger partial charge in [0.15, 0.2) is 5.65 Å². The van der Waals surface area contributed by atoms with Crippen molar-refractivity contribution in [1.29, 1.82) is 0 Å². The highest BCUT2D eigenvalue weighted by Crippen LogP contribution is 2.30. The second kappa shape index (κ2) is 10.1. The average molecular weight is 539 g/mol. The first kappa shape index (κ1) is 25.0. The number of amides is 2. The van der Waals surface area contributed by atoms with E-state index in [1.54, 1.807) is 48.7 Å². The molecular weight excluding hydrogens is 518 g/mol. The summed E-state index contributed by atoms with van der Waals surface area (Å²) in [6.07, 6.45) is 1.51. The molecule has 3 N–H and O–H groups in total. The topological polar surface area (TPSA) is 121 Å². The SMILES string of the molecule is O=C(N[C@H]1N=C(c2ccccc2)c2cccc(F)c2NC1=O)c1c(-c2cccc(CO)c2F)nn2cccnc12. The maximum absolute atomic E-state index is 15.3. The Morgan fingerprint density at radius 2 is 1.77 bits per heavy atom. The number of benzene rings is 3. The van der Waals surface area contributed by atoms with Crippen molar-refractivity contribution >= 4 is 28.9 Å². The highest BCUT2D eigenvalue weighted by Gasteiger charge is 2.32. The van der Waals surface area contributed by atoms with Gasteiger partial charge >= 0.3 is 0 Å². The lowest BCUT2D eigenvalue weighted by molar-refractivity contribution is -0.117. The summed E-state index contributed by atoms with van der Waals surface area (Å²) in [6.45, 7) is -0.552. The van der Waals surface area contributed by atoms with Crippen LogP contribution in [0, 0.1) is 11.6 Å². The Bertz CT molecular complexity index is 1820. The van der Waals surface area contributed by atoms with Crippen LogP contribution < -0.4 is 10.6 Å². The Hall–Kier alpha value is -5.29. The van der Waals surface area contributed by atoms with Crippen LogP contribution in [0.1, 0.15) is 27.0 Å². The van der Waals surface area contributed by atoms with Crippen molar-refractivity contribution in [3.8, 4) is 11.3 Å². The Labute approximate surface area is 225 Å². The van der Waals surface area contributed by atoms with E-state index in [1.165, 1.54) is 41.0 Å². The number of hydrogen-bond acceptors (Lipinski definition) is 6. The molecular formula is C29H20F2N6O3. The number of rotatable bonds is 5. The molecule has 6 rings (SSSR count). The van der Waals surface area contributed by atoms with Gasteiger partial charge in [-0.15, -0.1) is 0 Å². The van der Waals surface area contributed by atoms with Gasteiger partial charge in [0.1, 0.15) is 22.9 Å². The number of aliphatic hydroxyl groups is 1. The minimum atomic E-state index is -1.48. The van der Waals surface area contributed by atoms with Gasteiger partial charge in [-0.3, -0.25) is 9.59 Å². The fraction of sp³-hybridized carbons (Fsp3) is 0.0690. The van der Waals surface area contributed by atoms with Crippen molar-refractivity contribution in [2.75, 3.05) is 5.32 Å². The summed E-state index contributed by atoms with van der Waals surface area (Å²) >= 11 is 0. The molecule has 1 atom stereocenters. The maximum Gasteiger partial charge on any atom is 0.269 e. The van der Waals surface area contributed by atoms with Gasteiger partial charge in [-0.05, 0) is 18.2 Å². The van der Waals surface area contributed by atoms with E-state index < -0.39 is 36.2 Å². The number of aromatic nitrogens is 3. The Morgan fingerprint density at radius 3 is 2.58 bits per heavy atom. The zero-order valence-corrected chi connectivity index (χ0v) is 20.7. The van der Waals surface area contributed by atoms with E-state index in [9.17, 15) is 19.1 Å². The largest absolute Gasteiger partial charge is 0.392 e. The fourth-order valence-corrected chi connectivity index (χ4v) is 4.59. The molecule has 2 amide bonds. The van der Waals surface area contributed by atoms with Crippen LogP contribution in [0.25, 0.3) is 16.9 Å². The molecule has 3 aromatic carbocycles. The van der Waals surface area contributed by atoms with E-state index in [-0.39, 0.29) is 33.7 Å². The molecule has 1 aliphatic heterocycles. The van der Waals surface area contributed by atoms with Crippen LogP contribution >= 0.6 is 0 Å². The Balaban J connectivity index is 1.46. The van der Waals surface area contributed by atoms with Gasteiger partial charge in [-0.1, -0.05) is 54.6 Å². The van der Waals surface area contributed by atoms with E-state index in [2.05, 4.69) is 25.7 Å². The first-order valence-corrected chi connectivity index (χ1v) is 12.2. The third kappa shape index (κ3) is 4.28. The van der Waals surface area contributed by atoms with Crippen molar-refractivity contribution in [1.82, 2.24) is 19.9 Å². The standard InChI is InChI=1S/C29H20F2N6O3/c30-20-12-5-11-19-23(16-7-2-1-3-8-16)33-26(29(40)34-24(19)20)35-28(39)21-25(36-37-14-6-13-32-27(21)37)18-10-4-9-17(15-38)22(18)31/h1-14,26,38H,15H2,(H,34,40)(H,35,39)/t26-/m1/s1. The van der Waals surface area contributed by atoms with Crippen LogP contribution in [-0.2, 0) is 11.4 Å². The highest BCUT2D eigenvalue weighted by molar-refractivity contribution is 6.20. The molecule has 0 spiro atoms. The van der Waals surface area contributed by atoms with Crippen molar-refractivity contribution in [3.63, 3.8) is 0 Å². The minimum Gasteiger partial charge on any atom is -0.392 e. The molecule has 198 valence electrons. The van der Waals surface area contributed by atoms with Gasteiger partial charge in [0, 0.05) is 34.6 Å². The summed E-state index contributed by atoms with van der Waals surface area (Å²) in [4.78, 5) is 35.8. The predicted octanol–water partition coefficient (Wildman–Crippen LogP) is 3.71. The molecule has 0 aliphatic carbocycles. The molecule has 0 fully saturated rings. The first-order chi connectivity index (χ1) is 19.5. The number of hydrogen-bond donors (Lipinski definition) is 3. The van der Waals surface area contributed by atoms with Crippen molar-refractivity contribution in [2.45, 2.75) is 12.8 Å². The molecule has 0 unspecified atom stereocenters. The number of aliphatic imine (C=N–C) groups is 1. The lowest BCUT2D eigenvalue weighted by atomic mass is 10.0. The Kier molecular flexibility index (Phi) is 6.33. The molecule has 9 nitrogen and oxygen atoms in total. The smallest absolute Gasteiger partial charge is 0.269 e. The van der Waals surface area contributed by atoms with Gasteiger partial charge in [-0.25, -0.2) is 23.3 Å². The van der Waals surface area contributed by atoms with Gasteiger partial charge < -0.3 is 15.7 Å². The summed E-state index contributed by atoms with van der Waals surface area (Å²) in [5.74, 6) is -2.98. The van der Waals surface area contributed by atoms with Gasteiger partial charge in [0.2, 0.25) is 6.17 Å². The molecule has 5 aromatic rings. The lowest BCUT2D eigenvalue weighted by Gasteiger charge is -2.14. The van der Waals surface area contributed by atoms with Gasteiger partial charge in [-0.2, -0.15) is 5.10 Å². The number of nitrogens with zero attached hydrogens (tertiary/aromatic N) is 4. The number of carbonyl (C=O) groups is 2. The van der Waals surface area contributed by atoms with E-state index in [0.29, 0.717) is 16.8 Å². The van der Waals surface area contributed by atoms with Crippen LogP contribution in [0.3, 0.4) is 0 Å². The normalized spacial score (nSPS) is 14.7. The second-order valence-electron chi connectivity index (χ2n) is 8.92. The number of fused-ring (bicyclic) bond motifs is 2. The molecule has 11 heteroatoms. The zero-order chi connectivity index (χ0) is 27.8. The van der Waals surface area contributed by atoms with E-state index in [1.807, 2.05) is 0 Å². The summed E-state index contributed by atoms with van der Waals surface area (Å²) < 4.78 is 31.4. The third-order valence-electron chi connectivity index (χ3n) is 6.47. The van der Waals surface area contributed by atoms with Crippen LogP contribution in [0.2, 0.25) is 0 Å². The molecule has 1 aliphatic rings. The molecule has 40 heavy (non-hydrogen) atoms. The zero-order valence-electron chi connectivity index (χ0n) is 20.7. The lowest BCUT2D eigenvalue weighted by Crippen LogP contribution is -2.42. The molecule has 0 saturated carbocycles. The minimum absolute atomic E-state index is 0.0221. The van der Waals surface area contributed by atoms with Crippen molar-refractivity contribution in [3.05, 3.63) is 119 Å². The number of anilines is 1. The maximum atomic E-state index is 15.3. The van der Waals surface area contributed by atoms with Crippen molar-refractivity contribution in [2.24, 2.45) is 4.99 Å². The van der Waals surface area contributed by atoms with Crippen molar-refractivity contribution < 1.29 is 23.5 Å². The number of nitrogens with one attached hydrogen (secondary N) is 2. The second-order valence-corrected chi connectivity index (χ2v) is 8.92. The molecule has 3 heterocycles. The molecule has 0 saturated heterocycles. The molecule has 0 bridgehead atoms. The molecule has 0 radical (unpaired) electrons. The van der Waals surface area contributed by atoms with Crippen LogP contribution in [-0.4, -0.2) is 43.4 Å². The highest BCUT2D eigenvalue weighted by atomic mass is 19.1. The molecule has 2 aromatic heterocycles. The van der Waals surface area contributed by atoms with Gasteiger partial charge in [0.25, 0.3) is 11.8 Å². The average Bonchev–Trinajstić information content (AvgIpc) is 3.29. The van der Waals surface area contributed by atoms with Crippen LogP contribution in [0.15, 0.2) is 90.2 Å². The van der Waals surface area contributed by atoms with E-state index in [4.69, 9.17) is 0 Å². The summed E-state index contributed by atoms with van der Waals surface area (Å²) in [5.41, 5.74) is 1.13. The number of benzodiazepines with no additional fused rings is 1. The predicted molar refractivity (Wildman–Crippen MR) is 143 cm³/mol. The monoisotopic (exact) mass is 538 g/mol. The van der Waals surface area contributed by atoms with E-state index >= 15 is 4.39 Å². The van der Waals surface area contributed by atoms with E-state index in [0.717, 1.165) is 0 Å². The summed E-state index contributed by atoms with van der Waals surface area (Å²) in [7, 11) is 0. The summed E-state index contributed by atoms with van der Waals surface area (Å²) in [5, 5.41) is 19.0. The Morgan fingerprint density at radius 1 is 1.00 bits per heavy atom. The fourth-order valence-electron chi connectivity index (χ4n) is 4.59. The summed E-state index contributed by atoms with van der Waals surface area (Å²) in [6, 6.07) is 19.2. The number of aliphatic hydroxyl groups excluding tert-OH is 1. The number of para-hydroxylation sites is 1. The first-order valence-electron chi connectivity index (χ1n) is 12.2. The number of halogens is 2. The van der Waals surface area contributed by atoms with Crippen LogP contribution in [0.5, 0.6) is 0 Å². The number of carbonyl (C=O) groups excluding carboxylic acids is 2.